The summed E-state index contributed by atoms with van der Waals surface area (Å²) in [5, 5.41) is -0.489. The van der Waals surface area contributed by atoms with Gasteiger partial charge in [0, 0.05) is 0 Å². The van der Waals surface area contributed by atoms with Gasteiger partial charge in [0.25, 0.3) is 11.1 Å². The molecule has 30 heavy (non-hydrogen) atoms. The number of hydrogen-bond donors (Lipinski definition) is 0. The van der Waals surface area contributed by atoms with E-state index in [0.717, 1.165) is 32.3 Å². The topological polar surface area (TPSA) is 72.9 Å². The van der Waals surface area contributed by atoms with Gasteiger partial charge in [-0.15, -0.1) is 0 Å². The molecule has 0 bridgehead atoms. The SMILES string of the molecule is CCOC(=O)CN1C(=O)S/C(=C\c2ccc(OCc3ccc(C)cc3)c(Br)c2)C1=O. The van der Waals surface area contributed by atoms with Gasteiger partial charge in [-0.1, -0.05) is 35.9 Å². The van der Waals surface area contributed by atoms with Crippen LogP contribution in [0.2, 0.25) is 0 Å². The molecule has 2 amide bonds. The largest absolute Gasteiger partial charge is 0.488 e. The molecule has 3 rings (SSSR count). The fourth-order valence-electron chi connectivity index (χ4n) is 2.69. The highest BCUT2D eigenvalue weighted by Crippen LogP contribution is 2.34. The van der Waals surface area contributed by atoms with Crippen LogP contribution in [0.4, 0.5) is 4.79 Å². The molecule has 0 N–H and O–H groups in total. The second kappa shape index (κ2) is 9.95. The first-order valence-electron chi connectivity index (χ1n) is 9.26. The minimum absolute atomic E-state index is 0.192. The van der Waals surface area contributed by atoms with Crippen molar-refractivity contribution < 1.29 is 23.9 Å². The highest BCUT2D eigenvalue weighted by Gasteiger charge is 2.36. The Hall–Kier alpha value is -2.58. The second-order valence-corrected chi connectivity index (χ2v) is 8.38. The third kappa shape index (κ3) is 5.52. The summed E-state index contributed by atoms with van der Waals surface area (Å²) < 4.78 is 11.4. The molecule has 0 aliphatic carbocycles. The van der Waals surface area contributed by atoms with E-state index < -0.39 is 17.1 Å². The molecule has 2 aromatic rings. The van der Waals surface area contributed by atoms with Gasteiger partial charge in [0.2, 0.25) is 0 Å². The monoisotopic (exact) mass is 489 g/mol. The van der Waals surface area contributed by atoms with E-state index in [1.54, 1.807) is 25.1 Å². The maximum absolute atomic E-state index is 12.5. The number of nitrogens with zero attached hydrogens (tertiary/aromatic N) is 1. The van der Waals surface area contributed by atoms with Crippen LogP contribution in [0, 0.1) is 6.92 Å². The number of hydrogen-bond acceptors (Lipinski definition) is 6. The normalized spacial score (nSPS) is 15.0. The summed E-state index contributed by atoms with van der Waals surface area (Å²) in [5.74, 6) is -0.448. The average molecular weight is 490 g/mol. The Bertz CT molecular complexity index is 1000. The van der Waals surface area contributed by atoms with Crippen LogP contribution in [0.3, 0.4) is 0 Å². The summed E-state index contributed by atoms with van der Waals surface area (Å²) >= 11 is 4.29. The maximum atomic E-state index is 12.5. The smallest absolute Gasteiger partial charge is 0.326 e. The zero-order valence-electron chi connectivity index (χ0n) is 16.5. The summed E-state index contributed by atoms with van der Waals surface area (Å²) in [4.78, 5) is 37.3. The number of esters is 1. The molecule has 2 aromatic carbocycles. The van der Waals surface area contributed by atoms with E-state index in [4.69, 9.17) is 9.47 Å². The van der Waals surface area contributed by atoms with Crippen LogP contribution in [0.5, 0.6) is 5.75 Å². The number of amides is 2. The van der Waals surface area contributed by atoms with Crippen LogP contribution in [-0.4, -0.2) is 35.2 Å². The average Bonchev–Trinajstić information content (AvgIpc) is 2.96. The Balaban J connectivity index is 1.68. The Kier molecular flexibility index (Phi) is 7.33. The fourth-order valence-corrected chi connectivity index (χ4v) is 4.04. The van der Waals surface area contributed by atoms with Gasteiger partial charge in [-0.2, -0.15) is 0 Å². The number of imide groups is 1. The summed E-state index contributed by atoms with van der Waals surface area (Å²) in [6, 6.07) is 13.5. The summed E-state index contributed by atoms with van der Waals surface area (Å²) in [5.41, 5.74) is 2.98. The van der Waals surface area contributed by atoms with Crippen molar-refractivity contribution in [1.82, 2.24) is 4.90 Å². The van der Waals surface area contributed by atoms with Crippen LogP contribution in [-0.2, 0) is 20.9 Å². The van der Waals surface area contributed by atoms with Gasteiger partial charge in [0.05, 0.1) is 16.0 Å². The quantitative estimate of drug-likeness (QED) is 0.405. The van der Waals surface area contributed by atoms with E-state index >= 15 is 0 Å². The van der Waals surface area contributed by atoms with Crippen molar-refractivity contribution in [2.45, 2.75) is 20.5 Å². The molecule has 0 aromatic heterocycles. The number of carbonyl (C=O) groups is 3. The van der Waals surface area contributed by atoms with E-state index in [-0.39, 0.29) is 18.1 Å². The van der Waals surface area contributed by atoms with Crippen LogP contribution in [0.1, 0.15) is 23.6 Å². The lowest BCUT2D eigenvalue weighted by Gasteiger charge is -2.11. The van der Waals surface area contributed by atoms with Crippen molar-refractivity contribution >= 4 is 50.9 Å². The van der Waals surface area contributed by atoms with Crippen molar-refractivity contribution in [1.29, 1.82) is 0 Å². The van der Waals surface area contributed by atoms with E-state index in [9.17, 15) is 14.4 Å². The van der Waals surface area contributed by atoms with Gasteiger partial charge >= 0.3 is 5.97 Å². The van der Waals surface area contributed by atoms with E-state index in [2.05, 4.69) is 15.9 Å². The van der Waals surface area contributed by atoms with Gasteiger partial charge < -0.3 is 9.47 Å². The van der Waals surface area contributed by atoms with Gasteiger partial charge in [-0.3, -0.25) is 19.3 Å². The van der Waals surface area contributed by atoms with Gasteiger partial charge in [0.1, 0.15) is 18.9 Å². The minimum Gasteiger partial charge on any atom is -0.488 e. The molecule has 156 valence electrons. The molecular weight excluding hydrogens is 470 g/mol. The van der Waals surface area contributed by atoms with E-state index in [1.165, 1.54) is 5.56 Å². The first-order chi connectivity index (χ1) is 14.4. The summed E-state index contributed by atoms with van der Waals surface area (Å²) in [6.07, 6.45) is 1.62. The zero-order valence-corrected chi connectivity index (χ0v) is 18.9. The lowest BCUT2D eigenvalue weighted by Crippen LogP contribution is -2.34. The summed E-state index contributed by atoms with van der Waals surface area (Å²) in [6.45, 7) is 3.94. The lowest BCUT2D eigenvalue weighted by molar-refractivity contribution is -0.145. The third-order valence-electron chi connectivity index (χ3n) is 4.23. The molecular formula is C22H20BrNO5S. The number of ether oxygens (including phenoxy) is 2. The van der Waals surface area contributed by atoms with Crippen molar-refractivity contribution in [3.63, 3.8) is 0 Å². The Morgan fingerprint density at radius 1 is 1.17 bits per heavy atom. The van der Waals surface area contributed by atoms with Gasteiger partial charge in [-0.05, 0) is 70.9 Å². The Morgan fingerprint density at radius 3 is 2.57 bits per heavy atom. The molecule has 6 nitrogen and oxygen atoms in total. The highest BCUT2D eigenvalue weighted by atomic mass is 79.9. The van der Waals surface area contributed by atoms with Crippen LogP contribution >= 0.6 is 27.7 Å². The summed E-state index contributed by atoms with van der Waals surface area (Å²) in [7, 11) is 0. The number of carbonyl (C=O) groups excluding carboxylic acids is 3. The van der Waals surface area contributed by atoms with Crippen molar-refractivity contribution in [2.75, 3.05) is 13.2 Å². The molecule has 8 heteroatoms. The van der Waals surface area contributed by atoms with Crippen molar-refractivity contribution in [3.8, 4) is 5.75 Å². The Labute approximate surface area is 187 Å². The molecule has 0 radical (unpaired) electrons. The minimum atomic E-state index is -0.612. The maximum Gasteiger partial charge on any atom is 0.326 e. The number of benzene rings is 2. The molecule has 1 heterocycles. The Morgan fingerprint density at radius 2 is 1.90 bits per heavy atom. The molecule has 0 spiro atoms. The number of rotatable bonds is 7. The molecule has 1 aliphatic heterocycles. The lowest BCUT2D eigenvalue weighted by atomic mass is 10.1. The number of halogens is 1. The molecule has 0 saturated carbocycles. The van der Waals surface area contributed by atoms with Crippen LogP contribution < -0.4 is 4.74 Å². The molecule has 1 fully saturated rings. The second-order valence-electron chi connectivity index (χ2n) is 6.54. The molecule has 0 unspecified atom stereocenters. The predicted molar refractivity (Wildman–Crippen MR) is 119 cm³/mol. The highest BCUT2D eigenvalue weighted by molar-refractivity contribution is 9.10. The molecule has 0 atom stereocenters. The van der Waals surface area contributed by atoms with Gasteiger partial charge in [-0.25, -0.2) is 0 Å². The van der Waals surface area contributed by atoms with Crippen molar-refractivity contribution in [2.24, 2.45) is 0 Å². The van der Waals surface area contributed by atoms with Crippen molar-refractivity contribution in [3.05, 3.63) is 68.5 Å². The number of thioether (sulfide) groups is 1. The molecule has 1 saturated heterocycles. The standard InChI is InChI=1S/C22H20BrNO5S/c1-3-28-20(25)12-24-21(26)19(30-22(24)27)11-16-8-9-18(17(23)10-16)29-13-15-6-4-14(2)5-7-15/h4-11H,3,12-13H2,1-2H3/b19-11-. The molecule has 1 aliphatic rings. The zero-order chi connectivity index (χ0) is 21.7. The van der Waals surface area contributed by atoms with Gasteiger partial charge in [0.15, 0.2) is 0 Å². The fraction of sp³-hybridized carbons (Fsp3) is 0.227. The third-order valence-corrected chi connectivity index (χ3v) is 5.76. The van der Waals surface area contributed by atoms with E-state index in [1.807, 2.05) is 37.3 Å². The van der Waals surface area contributed by atoms with E-state index in [0.29, 0.717) is 12.4 Å². The van der Waals surface area contributed by atoms with Crippen LogP contribution in [0.25, 0.3) is 6.08 Å². The first kappa shape index (κ1) is 22.1. The number of aryl methyl sites for hydroxylation is 1. The van der Waals surface area contributed by atoms with Crippen LogP contribution in [0.15, 0.2) is 51.8 Å². The first-order valence-corrected chi connectivity index (χ1v) is 10.9. The predicted octanol–water partition coefficient (Wildman–Crippen LogP) is 4.94.